The molecule has 0 spiro atoms. The van der Waals surface area contributed by atoms with E-state index >= 15 is 0 Å². The summed E-state index contributed by atoms with van der Waals surface area (Å²) in [5, 5.41) is 10.3. The normalized spacial score (nSPS) is 8.09. The van der Waals surface area contributed by atoms with Crippen molar-refractivity contribution in [3.05, 3.63) is 39.9 Å². The molecule has 0 saturated carbocycles. The SMILES string of the molecule is CC.CC.CCCN.O=CCCCc1ccc([N+](=O)[O-])cc1. The van der Waals surface area contributed by atoms with Crippen LogP contribution in [0.25, 0.3) is 0 Å². The second kappa shape index (κ2) is 21.5. The molecule has 0 radical (unpaired) electrons. The second-order valence-electron chi connectivity index (χ2n) is 3.77. The van der Waals surface area contributed by atoms with E-state index in [0.29, 0.717) is 6.42 Å². The number of hydrogen-bond acceptors (Lipinski definition) is 4. The minimum Gasteiger partial charge on any atom is -0.330 e. The fourth-order valence-electron chi connectivity index (χ4n) is 1.17. The van der Waals surface area contributed by atoms with Gasteiger partial charge in [0.25, 0.3) is 5.69 Å². The van der Waals surface area contributed by atoms with Gasteiger partial charge in [-0.3, -0.25) is 10.1 Å². The third-order valence-corrected chi connectivity index (χ3v) is 2.22. The molecule has 2 N–H and O–H groups in total. The van der Waals surface area contributed by atoms with E-state index in [4.69, 9.17) is 5.73 Å². The lowest BCUT2D eigenvalue weighted by atomic mass is 10.1. The Bertz CT molecular complexity index is 349. The van der Waals surface area contributed by atoms with Crippen molar-refractivity contribution < 1.29 is 9.72 Å². The van der Waals surface area contributed by atoms with E-state index in [1.165, 1.54) is 12.1 Å². The summed E-state index contributed by atoms with van der Waals surface area (Å²) in [6, 6.07) is 6.42. The highest BCUT2D eigenvalue weighted by Gasteiger charge is 2.03. The second-order valence-corrected chi connectivity index (χ2v) is 3.77. The Morgan fingerprint density at radius 1 is 1.14 bits per heavy atom. The van der Waals surface area contributed by atoms with Crippen LogP contribution in [0.1, 0.15) is 59.4 Å². The molecule has 0 aliphatic carbocycles. The van der Waals surface area contributed by atoms with Gasteiger partial charge < -0.3 is 10.5 Å². The van der Waals surface area contributed by atoms with Crippen molar-refractivity contribution >= 4 is 12.0 Å². The molecule has 0 unspecified atom stereocenters. The Balaban J connectivity index is -0.000000383. The largest absolute Gasteiger partial charge is 0.330 e. The van der Waals surface area contributed by atoms with Crippen LogP contribution in [0.15, 0.2) is 24.3 Å². The minimum atomic E-state index is -0.421. The molecule has 0 saturated heterocycles. The van der Waals surface area contributed by atoms with Gasteiger partial charge in [0.2, 0.25) is 0 Å². The van der Waals surface area contributed by atoms with E-state index in [9.17, 15) is 14.9 Å². The number of nitro groups is 1. The van der Waals surface area contributed by atoms with Crippen molar-refractivity contribution in [2.24, 2.45) is 5.73 Å². The van der Waals surface area contributed by atoms with Crippen molar-refractivity contribution in [3.63, 3.8) is 0 Å². The summed E-state index contributed by atoms with van der Waals surface area (Å²) in [5.41, 5.74) is 6.15. The maximum absolute atomic E-state index is 10.3. The fraction of sp³-hybridized carbons (Fsp3) is 0.588. The first kappa shape index (κ1) is 25.2. The zero-order valence-electron chi connectivity index (χ0n) is 14.7. The summed E-state index contributed by atoms with van der Waals surface area (Å²) in [4.78, 5) is 20.0. The highest BCUT2D eigenvalue weighted by atomic mass is 16.6. The van der Waals surface area contributed by atoms with Crippen molar-refractivity contribution in [2.75, 3.05) is 6.54 Å². The number of nitrogens with two attached hydrogens (primary N) is 1. The first-order chi connectivity index (χ1) is 10.7. The highest BCUT2D eigenvalue weighted by Crippen LogP contribution is 2.13. The van der Waals surface area contributed by atoms with Crippen LogP contribution in [0.2, 0.25) is 0 Å². The molecular formula is C17H32N2O3. The van der Waals surface area contributed by atoms with E-state index in [-0.39, 0.29) is 5.69 Å². The molecule has 5 nitrogen and oxygen atoms in total. The molecule has 0 amide bonds. The van der Waals surface area contributed by atoms with Crippen molar-refractivity contribution in [1.82, 2.24) is 0 Å². The van der Waals surface area contributed by atoms with Gasteiger partial charge in [-0.25, -0.2) is 0 Å². The van der Waals surface area contributed by atoms with Crippen LogP contribution in [0.4, 0.5) is 5.69 Å². The van der Waals surface area contributed by atoms with E-state index in [1.807, 2.05) is 27.7 Å². The molecule has 1 rings (SSSR count). The molecule has 0 heterocycles. The smallest absolute Gasteiger partial charge is 0.269 e. The number of carbonyl (C=O) groups excluding carboxylic acids is 1. The molecule has 0 aromatic heterocycles. The molecular weight excluding hydrogens is 280 g/mol. The van der Waals surface area contributed by atoms with Gasteiger partial charge in [-0.05, 0) is 31.4 Å². The number of non-ortho nitro benzene ring substituents is 1. The first-order valence-electron chi connectivity index (χ1n) is 8.02. The Kier molecular flexibility index (Phi) is 24.7. The molecule has 0 fully saturated rings. The standard InChI is InChI=1S/C10H11NO3.C3H9N.2C2H6/c12-8-2-1-3-9-4-6-10(7-5-9)11(13)14;1-2-3-4;2*1-2/h4-8H,1-3H2;2-4H2,1H3;2*1-2H3. The number of benzene rings is 1. The van der Waals surface area contributed by atoms with E-state index in [0.717, 1.165) is 37.7 Å². The van der Waals surface area contributed by atoms with Gasteiger partial charge in [0.05, 0.1) is 4.92 Å². The van der Waals surface area contributed by atoms with Crippen LogP contribution in [-0.2, 0) is 11.2 Å². The van der Waals surface area contributed by atoms with Crippen LogP contribution in [0, 0.1) is 10.1 Å². The monoisotopic (exact) mass is 312 g/mol. The minimum absolute atomic E-state index is 0.101. The quantitative estimate of drug-likeness (QED) is 0.362. The van der Waals surface area contributed by atoms with Crippen molar-refractivity contribution in [3.8, 4) is 0 Å². The Morgan fingerprint density at radius 3 is 1.91 bits per heavy atom. The van der Waals surface area contributed by atoms with Gasteiger partial charge >= 0.3 is 0 Å². The van der Waals surface area contributed by atoms with Crippen LogP contribution in [0.5, 0.6) is 0 Å². The molecule has 0 aliphatic heterocycles. The van der Waals surface area contributed by atoms with Crippen molar-refractivity contribution in [1.29, 1.82) is 0 Å². The summed E-state index contributed by atoms with van der Waals surface area (Å²) < 4.78 is 0. The van der Waals surface area contributed by atoms with Crippen LogP contribution in [-0.4, -0.2) is 17.8 Å². The predicted molar refractivity (Wildman–Crippen MR) is 94.1 cm³/mol. The number of aldehydes is 1. The molecule has 0 bridgehead atoms. The number of hydrogen-bond donors (Lipinski definition) is 1. The molecule has 1 aromatic rings. The number of nitrogens with zero attached hydrogens (tertiary/aromatic N) is 1. The maximum atomic E-state index is 10.3. The van der Waals surface area contributed by atoms with Crippen LogP contribution < -0.4 is 5.73 Å². The molecule has 22 heavy (non-hydrogen) atoms. The van der Waals surface area contributed by atoms with Crippen LogP contribution >= 0.6 is 0 Å². The van der Waals surface area contributed by atoms with E-state index < -0.39 is 4.92 Å². The third-order valence-electron chi connectivity index (χ3n) is 2.22. The summed E-state index contributed by atoms with van der Waals surface area (Å²) in [7, 11) is 0. The van der Waals surface area contributed by atoms with Gasteiger partial charge in [-0.1, -0.05) is 46.8 Å². The number of unbranched alkanes of at least 4 members (excludes halogenated alkanes) is 1. The lowest BCUT2D eigenvalue weighted by Gasteiger charge is -1.97. The summed E-state index contributed by atoms with van der Waals surface area (Å²) >= 11 is 0. The zero-order chi connectivity index (χ0) is 17.8. The summed E-state index contributed by atoms with van der Waals surface area (Å²) in [6.07, 6.45) is 4.10. The molecule has 1 aromatic carbocycles. The number of aryl methyl sites for hydroxylation is 1. The van der Waals surface area contributed by atoms with E-state index in [1.54, 1.807) is 12.1 Å². The molecule has 5 heteroatoms. The van der Waals surface area contributed by atoms with Gasteiger partial charge in [0.15, 0.2) is 0 Å². The average molecular weight is 312 g/mol. The zero-order valence-corrected chi connectivity index (χ0v) is 14.7. The van der Waals surface area contributed by atoms with Gasteiger partial charge in [0, 0.05) is 18.6 Å². The average Bonchev–Trinajstić information content (AvgIpc) is 2.59. The Labute approximate surface area is 135 Å². The highest BCUT2D eigenvalue weighted by molar-refractivity contribution is 5.49. The maximum Gasteiger partial charge on any atom is 0.269 e. The lowest BCUT2D eigenvalue weighted by molar-refractivity contribution is -0.384. The lowest BCUT2D eigenvalue weighted by Crippen LogP contribution is -1.93. The third kappa shape index (κ3) is 16.3. The Morgan fingerprint density at radius 2 is 1.59 bits per heavy atom. The topological polar surface area (TPSA) is 86.2 Å². The van der Waals surface area contributed by atoms with E-state index in [2.05, 4.69) is 6.92 Å². The summed E-state index contributed by atoms with van der Waals surface area (Å²) in [5.74, 6) is 0. The molecule has 0 atom stereocenters. The predicted octanol–water partition coefficient (Wildman–Crippen LogP) is 4.52. The first-order valence-corrected chi connectivity index (χ1v) is 8.02. The van der Waals surface area contributed by atoms with Gasteiger partial charge in [-0.2, -0.15) is 0 Å². The molecule has 0 aliphatic rings. The van der Waals surface area contributed by atoms with Crippen molar-refractivity contribution in [2.45, 2.75) is 60.3 Å². The Hall–Kier alpha value is -1.75. The number of nitro benzene ring substituents is 1. The van der Waals surface area contributed by atoms with Crippen LogP contribution in [0.3, 0.4) is 0 Å². The molecule has 128 valence electrons. The number of rotatable bonds is 6. The summed E-state index contributed by atoms with van der Waals surface area (Å²) in [6.45, 7) is 10.9. The van der Waals surface area contributed by atoms with Gasteiger partial charge in [0.1, 0.15) is 6.29 Å². The fourth-order valence-corrected chi connectivity index (χ4v) is 1.17. The van der Waals surface area contributed by atoms with Gasteiger partial charge in [-0.15, -0.1) is 0 Å². The number of carbonyl (C=O) groups is 1.